The number of rotatable bonds is 4. The predicted octanol–water partition coefficient (Wildman–Crippen LogP) is 0.0730. The molecule has 0 unspecified atom stereocenters. The highest BCUT2D eigenvalue weighted by Crippen LogP contribution is 2.14. The summed E-state index contributed by atoms with van der Waals surface area (Å²) in [5.41, 5.74) is 1.46. The number of sulfonamides is 1. The van der Waals surface area contributed by atoms with Crippen LogP contribution in [-0.2, 0) is 33.2 Å². The molecule has 2 rings (SSSR count). The zero-order valence-electron chi connectivity index (χ0n) is 10.5. The first kappa shape index (κ1) is 14.6. The Morgan fingerprint density at radius 2 is 1.63 bits per heavy atom. The Bertz CT molecular complexity index is 544. The van der Waals surface area contributed by atoms with Crippen molar-refractivity contribution in [3.05, 3.63) is 35.4 Å². The van der Waals surface area contributed by atoms with Crippen molar-refractivity contribution in [3.8, 4) is 0 Å². The molecule has 0 atom stereocenters. The van der Waals surface area contributed by atoms with Gasteiger partial charge in [0, 0.05) is 35.4 Å². The molecule has 5 nitrogen and oxygen atoms in total. The Morgan fingerprint density at radius 3 is 2.16 bits per heavy atom. The van der Waals surface area contributed by atoms with Crippen LogP contribution < -0.4 is 0 Å². The van der Waals surface area contributed by atoms with E-state index in [1.807, 2.05) is 0 Å². The van der Waals surface area contributed by atoms with E-state index >= 15 is 0 Å². The molecule has 1 fully saturated rings. The second-order valence-corrected chi connectivity index (χ2v) is 8.14. The Hall–Kier alpha value is -0.760. The van der Waals surface area contributed by atoms with Crippen LogP contribution in [0.3, 0.4) is 0 Å². The molecule has 0 aromatic heterocycles. The molecule has 1 aliphatic heterocycles. The summed E-state index contributed by atoms with van der Waals surface area (Å²) in [5.74, 6) is 0.788. The van der Waals surface area contributed by atoms with Gasteiger partial charge in [0.15, 0.2) is 0 Å². The molecular formula is C12H17NO4S2. The van der Waals surface area contributed by atoms with Gasteiger partial charge in [-0.05, 0) is 11.1 Å². The first-order chi connectivity index (χ1) is 9.01. The van der Waals surface area contributed by atoms with Crippen molar-refractivity contribution in [2.24, 2.45) is 0 Å². The Labute approximate surface area is 115 Å². The summed E-state index contributed by atoms with van der Waals surface area (Å²) in [7, 11) is -4.22. The van der Waals surface area contributed by atoms with E-state index in [0.717, 1.165) is 5.56 Å². The van der Waals surface area contributed by atoms with Crippen LogP contribution in [0.25, 0.3) is 0 Å². The number of nitrogens with zero attached hydrogens (tertiary/aromatic N) is 1. The second kappa shape index (κ2) is 6.13. The number of aliphatic hydroxyl groups is 1. The first-order valence-corrected chi connectivity index (χ1v) is 9.12. The summed E-state index contributed by atoms with van der Waals surface area (Å²) in [6.45, 7) is 0.623. The lowest BCUT2D eigenvalue weighted by atomic mass is 10.2. The van der Waals surface area contributed by atoms with Crippen molar-refractivity contribution < 1.29 is 17.7 Å². The van der Waals surface area contributed by atoms with E-state index < -0.39 is 20.8 Å². The zero-order chi connectivity index (χ0) is 13.9. The molecule has 1 aromatic carbocycles. The van der Waals surface area contributed by atoms with Gasteiger partial charge in [-0.25, -0.2) is 8.42 Å². The van der Waals surface area contributed by atoms with Crippen LogP contribution in [0.15, 0.2) is 24.3 Å². The van der Waals surface area contributed by atoms with Crippen LogP contribution in [0.5, 0.6) is 0 Å². The van der Waals surface area contributed by atoms with E-state index in [0.29, 0.717) is 30.2 Å². The topological polar surface area (TPSA) is 74.7 Å². The van der Waals surface area contributed by atoms with Gasteiger partial charge >= 0.3 is 0 Å². The van der Waals surface area contributed by atoms with Crippen LogP contribution in [0.1, 0.15) is 11.1 Å². The maximum Gasteiger partial charge on any atom is 0.218 e. The molecule has 0 amide bonds. The molecular weight excluding hydrogens is 286 g/mol. The SMILES string of the molecule is O=S1CCN(S(=O)(=O)Cc2ccc(CO)cc2)CC1. The lowest BCUT2D eigenvalue weighted by Gasteiger charge is -2.25. The number of benzene rings is 1. The van der Waals surface area contributed by atoms with Gasteiger partial charge in [-0.1, -0.05) is 24.3 Å². The molecule has 0 aliphatic carbocycles. The summed E-state index contributed by atoms with van der Waals surface area (Å²) in [4.78, 5) is 0. The third kappa shape index (κ3) is 3.85. The molecule has 0 radical (unpaired) electrons. The number of hydrogen-bond acceptors (Lipinski definition) is 4. The van der Waals surface area contributed by atoms with Crippen molar-refractivity contribution in [1.29, 1.82) is 0 Å². The average molecular weight is 303 g/mol. The van der Waals surface area contributed by atoms with Crippen molar-refractivity contribution in [3.63, 3.8) is 0 Å². The molecule has 106 valence electrons. The van der Waals surface area contributed by atoms with Crippen LogP contribution in [0.4, 0.5) is 0 Å². The van der Waals surface area contributed by atoms with Crippen molar-refractivity contribution in [1.82, 2.24) is 4.31 Å². The molecule has 1 saturated heterocycles. The van der Waals surface area contributed by atoms with Crippen LogP contribution in [-0.4, -0.2) is 46.6 Å². The highest BCUT2D eigenvalue weighted by Gasteiger charge is 2.26. The third-order valence-electron chi connectivity index (χ3n) is 3.08. The maximum absolute atomic E-state index is 12.2. The summed E-state index contributed by atoms with van der Waals surface area (Å²) in [6.07, 6.45) is 0. The molecule has 0 spiro atoms. The predicted molar refractivity (Wildman–Crippen MR) is 74.4 cm³/mol. The minimum atomic E-state index is -3.34. The lowest BCUT2D eigenvalue weighted by molar-refractivity contribution is 0.282. The van der Waals surface area contributed by atoms with Crippen molar-refractivity contribution in [2.75, 3.05) is 24.6 Å². The Balaban J connectivity index is 2.05. The van der Waals surface area contributed by atoms with Gasteiger partial charge in [-0.2, -0.15) is 4.31 Å². The summed E-state index contributed by atoms with van der Waals surface area (Å²) in [5, 5.41) is 8.93. The molecule has 0 saturated carbocycles. The summed E-state index contributed by atoms with van der Waals surface area (Å²) in [6, 6.07) is 6.86. The second-order valence-electron chi connectivity index (χ2n) is 4.48. The van der Waals surface area contributed by atoms with Crippen LogP contribution in [0, 0.1) is 0 Å². The molecule has 7 heteroatoms. The molecule has 1 aliphatic rings. The minimum absolute atomic E-state index is 0.0503. The van der Waals surface area contributed by atoms with Crippen molar-refractivity contribution in [2.45, 2.75) is 12.4 Å². The molecule has 0 bridgehead atoms. The van der Waals surface area contributed by atoms with Gasteiger partial charge in [0.2, 0.25) is 10.0 Å². The monoisotopic (exact) mass is 303 g/mol. The number of aliphatic hydroxyl groups excluding tert-OH is 1. The van der Waals surface area contributed by atoms with Gasteiger partial charge in [0.05, 0.1) is 12.4 Å². The number of hydrogen-bond donors (Lipinski definition) is 1. The maximum atomic E-state index is 12.2. The van der Waals surface area contributed by atoms with E-state index in [1.54, 1.807) is 24.3 Å². The first-order valence-electron chi connectivity index (χ1n) is 6.03. The highest BCUT2D eigenvalue weighted by atomic mass is 32.2. The van der Waals surface area contributed by atoms with E-state index in [4.69, 9.17) is 5.11 Å². The van der Waals surface area contributed by atoms with Gasteiger partial charge in [-0.15, -0.1) is 0 Å². The van der Waals surface area contributed by atoms with Crippen LogP contribution in [0.2, 0.25) is 0 Å². The largest absolute Gasteiger partial charge is 0.392 e. The standard InChI is InChI=1S/C12H17NO4S2/c14-9-11-1-3-12(4-2-11)10-19(16,17)13-5-7-18(15)8-6-13/h1-4,14H,5-10H2. The van der Waals surface area contributed by atoms with Gasteiger partial charge in [0.25, 0.3) is 0 Å². The fourth-order valence-electron chi connectivity index (χ4n) is 1.94. The van der Waals surface area contributed by atoms with E-state index in [-0.39, 0.29) is 12.4 Å². The smallest absolute Gasteiger partial charge is 0.218 e. The summed E-state index contributed by atoms with van der Waals surface area (Å²) >= 11 is 0. The third-order valence-corrected chi connectivity index (χ3v) is 6.21. The minimum Gasteiger partial charge on any atom is -0.392 e. The molecule has 1 heterocycles. The lowest BCUT2D eigenvalue weighted by Crippen LogP contribution is -2.42. The van der Waals surface area contributed by atoms with Gasteiger partial charge in [0.1, 0.15) is 0 Å². The van der Waals surface area contributed by atoms with Crippen molar-refractivity contribution >= 4 is 20.8 Å². The van der Waals surface area contributed by atoms with E-state index in [1.165, 1.54) is 4.31 Å². The van der Waals surface area contributed by atoms with E-state index in [2.05, 4.69) is 0 Å². The van der Waals surface area contributed by atoms with Gasteiger partial charge in [-0.3, -0.25) is 4.21 Å². The molecule has 1 N–H and O–H groups in total. The summed E-state index contributed by atoms with van der Waals surface area (Å²) < 4.78 is 37.0. The fourth-order valence-corrected chi connectivity index (χ4v) is 4.76. The highest BCUT2D eigenvalue weighted by molar-refractivity contribution is 7.88. The van der Waals surface area contributed by atoms with Gasteiger partial charge < -0.3 is 5.11 Å². The van der Waals surface area contributed by atoms with Crippen LogP contribution >= 0.6 is 0 Å². The zero-order valence-corrected chi connectivity index (χ0v) is 12.1. The Morgan fingerprint density at radius 1 is 1.11 bits per heavy atom. The fraction of sp³-hybridized carbons (Fsp3) is 0.500. The van der Waals surface area contributed by atoms with E-state index in [9.17, 15) is 12.6 Å². The quantitative estimate of drug-likeness (QED) is 0.854. The average Bonchev–Trinajstić information content (AvgIpc) is 2.40. The molecule has 19 heavy (non-hydrogen) atoms. The molecule has 1 aromatic rings. The Kier molecular flexibility index (Phi) is 4.72. The normalized spacial score (nSPS) is 18.6.